The van der Waals surface area contributed by atoms with Gasteiger partial charge in [-0.2, -0.15) is 0 Å². The molecule has 4 rings (SSSR count). The first-order valence-corrected chi connectivity index (χ1v) is 9.34. The number of aryl methyl sites for hydroxylation is 1. The molecule has 0 unspecified atom stereocenters. The smallest absolute Gasteiger partial charge is 0.276 e. The minimum atomic E-state index is -0.304. The number of rotatable bonds is 6. The predicted octanol–water partition coefficient (Wildman–Crippen LogP) is 1.42. The van der Waals surface area contributed by atoms with Crippen LogP contribution in [0.3, 0.4) is 0 Å². The molecule has 1 fully saturated rings. The van der Waals surface area contributed by atoms with Crippen LogP contribution in [-0.4, -0.2) is 71.2 Å². The third-order valence-electron chi connectivity index (χ3n) is 4.73. The number of amides is 2. The summed E-state index contributed by atoms with van der Waals surface area (Å²) in [7, 11) is 0. The summed E-state index contributed by atoms with van der Waals surface area (Å²) in [6, 6.07) is 6.66. The molecule has 1 aliphatic heterocycles. The molecule has 3 aromatic heterocycles. The fourth-order valence-electron chi connectivity index (χ4n) is 3.14. The largest absolute Gasteiger partial charge is 0.461 e. The van der Waals surface area contributed by atoms with E-state index in [4.69, 9.17) is 13.5 Å². The molecule has 4 heterocycles. The van der Waals surface area contributed by atoms with Crippen LogP contribution >= 0.6 is 0 Å². The number of nitrogens with one attached hydrogen (secondary N) is 1. The van der Waals surface area contributed by atoms with Crippen molar-refractivity contribution >= 4 is 11.8 Å². The lowest BCUT2D eigenvalue weighted by Gasteiger charge is -2.34. The van der Waals surface area contributed by atoms with Crippen LogP contribution in [0.4, 0.5) is 0 Å². The minimum absolute atomic E-state index is 0.117. The van der Waals surface area contributed by atoms with E-state index in [0.717, 1.165) is 13.1 Å². The number of hydrogen-bond donors (Lipinski definition) is 1. The van der Waals surface area contributed by atoms with Gasteiger partial charge in [0.1, 0.15) is 5.76 Å². The van der Waals surface area contributed by atoms with Gasteiger partial charge in [0, 0.05) is 51.4 Å². The molecule has 1 saturated heterocycles. The summed E-state index contributed by atoms with van der Waals surface area (Å²) in [4.78, 5) is 28.5. The van der Waals surface area contributed by atoms with E-state index in [2.05, 4.69) is 20.5 Å². The molecule has 1 N–H and O–H groups in total. The fraction of sp³-hybridized carbons (Fsp3) is 0.368. The van der Waals surface area contributed by atoms with Gasteiger partial charge in [-0.3, -0.25) is 14.5 Å². The van der Waals surface area contributed by atoms with Crippen molar-refractivity contribution < 1.29 is 23.1 Å². The Bertz CT molecular complexity index is 969. The quantitative estimate of drug-likeness (QED) is 0.661. The van der Waals surface area contributed by atoms with Gasteiger partial charge >= 0.3 is 0 Å². The molecule has 10 heteroatoms. The highest BCUT2D eigenvalue weighted by molar-refractivity contribution is 5.93. The highest BCUT2D eigenvalue weighted by Crippen LogP contribution is 2.20. The molecule has 152 valence electrons. The van der Waals surface area contributed by atoms with Crippen molar-refractivity contribution in [3.8, 4) is 11.5 Å². The first kappa shape index (κ1) is 18.9. The van der Waals surface area contributed by atoms with Gasteiger partial charge in [0.15, 0.2) is 17.1 Å². The number of furan rings is 1. The van der Waals surface area contributed by atoms with Gasteiger partial charge < -0.3 is 23.7 Å². The highest BCUT2D eigenvalue weighted by Gasteiger charge is 2.24. The normalized spacial score (nSPS) is 14.9. The zero-order valence-corrected chi connectivity index (χ0v) is 16.0. The number of aromatic nitrogens is 2. The zero-order chi connectivity index (χ0) is 20.2. The van der Waals surface area contributed by atoms with Gasteiger partial charge in [0.05, 0.1) is 6.26 Å². The van der Waals surface area contributed by atoms with Crippen molar-refractivity contribution in [1.29, 1.82) is 0 Å². The van der Waals surface area contributed by atoms with Crippen LogP contribution in [0.1, 0.15) is 26.7 Å². The Hall–Kier alpha value is -3.40. The predicted molar refractivity (Wildman–Crippen MR) is 100 cm³/mol. The second-order valence-electron chi connectivity index (χ2n) is 6.77. The van der Waals surface area contributed by atoms with Crippen LogP contribution in [0.2, 0.25) is 0 Å². The SMILES string of the molecule is Cc1cc(C(=O)N2CCN(CCNC(=O)c3cc(-c4ccco4)on3)CC2)no1. The van der Waals surface area contributed by atoms with Crippen molar-refractivity contribution in [3.63, 3.8) is 0 Å². The Morgan fingerprint density at radius 3 is 2.55 bits per heavy atom. The summed E-state index contributed by atoms with van der Waals surface area (Å²) in [5.74, 6) is 1.12. The summed E-state index contributed by atoms with van der Waals surface area (Å²) < 4.78 is 15.3. The average molecular weight is 399 g/mol. The minimum Gasteiger partial charge on any atom is -0.461 e. The monoisotopic (exact) mass is 399 g/mol. The summed E-state index contributed by atoms with van der Waals surface area (Å²) in [5, 5.41) is 10.4. The van der Waals surface area contributed by atoms with E-state index in [9.17, 15) is 9.59 Å². The third-order valence-corrected chi connectivity index (χ3v) is 4.73. The van der Waals surface area contributed by atoms with E-state index in [1.165, 1.54) is 6.26 Å². The molecule has 10 nitrogen and oxygen atoms in total. The Morgan fingerprint density at radius 1 is 1.07 bits per heavy atom. The van der Waals surface area contributed by atoms with Gasteiger partial charge in [-0.05, 0) is 19.1 Å². The lowest BCUT2D eigenvalue weighted by molar-refractivity contribution is 0.0628. The summed E-state index contributed by atoms with van der Waals surface area (Å²) in [6.07, 6.45) is 1.53. The molecular weight excluding hydrogens is 378 g/mol. The molecule has 2 amide bonds. The Kier molecular flexibility index (Phi) is 5.43. The van der Waals surface area contributed by atoms with Crippen LogP contribution in [0.15, 0.2) is 44.0 Å². The Balaban J connectivity index is 1.20. The van der Waals surface area contributed by atoms with Gasteiger partial charge in [-0.25, -0.2) is 0 Å². The van der Waals surface area contributed by atoms with Crippen LogP contribution in [0, 0.1) is 6.92 Å². The van der Waals surface area contributed by atoms with Gasteiger partial charge in [-0.1, -0.05) is 10.3 Å². The van der Waals surface area contributed by atoms with E-state index in [-0.39, 0.29) is 17.5 Å². The van der Waals surface area contributed by atoms with Crippen molar-refractivity contribution in [3.05, 3.63) is 47.7 Å². The molecule has 0 radical (unpaired) electrons. The topological polar surface area (TPSA) is 118 Å². The zero-order valence-electron chi connectivity index (χ0n) is 16.0. The van der Waals surface area contributed by atoms with Gasteiger partial charge in [-0.15, -0.1) is 0 Å². The molecule has 0 bridgehead atoms. The first-order valence-electron chi connectivity index (χ1n) is 9.34. The second-order valence-corrected chi connectivity index (χ2v) is 6.77. The van der Waals surface area contributed by atoms with Gasteiger partial charge in [0.25, 0.3) is 11.8 Å². The van der Waals surface area contributed by atoms with Crippen LogP contribution in [0.25, 0.3) is 11.5 Å². The summed E-state index contributed by atoms with van der Waals surface area (Å²) in [6.45, 7) is 5.57. The van der Waals surface area contributed by atoms with E-state index in [0.29, 0.717) is 49.2 Å². The molecule has 0 spiro atoms. The molecular formula is C19H21N5O5. The van der Waals surface area contributed by atoms with Crippen molar-refractivity contribution in [2.45, 2.75) is 6.92 Å². The number of hydrogen-bond acceptors (Lipinski definition) is 8. The number of carbonyl (C=O) groups is 2. The van der Waals surface area contributed by atoms with Gasteiger partial charge in [0.2, 0.25) is 5.76 Å². The lowest BCUT2D eigenvalue weighted by atomic mass is 10.2. The highest BCUT2D eigenvalue weighted by atomic mass is 16.5. The maximum atomic E-state index is 12.4. The number of piperazine rings is 1. The molecule has 3 aromatic rings. The van der Waals surface area contributed by atoms with Crippen LogP contribution in [-0.2, 0) is 0 Å². The maximum Gasteiger partial charge on any atom is 0.276 e. The van der Waals surface area contributed by atoms with Crippen molar-refractivity contribution in [2.24, 2.45) is 0 Å². The van der Waals surface area contributed by atoms with E-state index >= 15 is 0 Å². The summed E-state index contributed by atoms with van der Waals surface area (Å²) in [5.41, 5.74) is 0.541. The lowest BCUT2D eigenvalue weighted by Crippen LogP contribution is -2.50. The second kappa shape index (κ2) is 8.31. The maximum absolute atomic E-state index is 12.4. The Labute approximate surface area is 166 Å². The van der Waals surface area contributed by atoms with Crippen molar-refractivity contribution in [2.75, 3.05) is 39.3 Å². The molecule has 29 heavy (non-hydrogen) atoms. The van der Waals surface area contributed by atoms with Crippen LogP contribution in [0.5, 0.6) is 0 Å². The first-order chi connectivity index (χ1) is 14.1. The fourth-order valence-corrected chi connectivity index (χ4v) is 3.14. The number of carbonyl (C=O) groups excluding carboxylic acids is 2. The van der Waals surface area contributed by atoms with E-state index < -0.39 is 0 Å². The Morgan fingerprint density at radius 2 is 1.86 bits per heavy atom. The molecule has 0 saturated carbocycles. The molecule has 1 aliphatic rings. The summed E-state index contributed by atoms with van der Waals surface area (Å²) >= 11 is 0. The van der Waals surface area contributed by atoms with Crippen LogP contribution < -0.4 is 5.32 Å². The third kappa shape index (κ3) is 4.37. The molecule has 0 aromatic carbocycles. The molecule has 0 aliphatic carbocycles. The van der Waals surface area contributed by atoms with E-state index in [1.807, 2.05) is 0 Å². The van der Waals surface area contributed by atoms with E-state index in [1.54, 1.807) is 36.1 Å². The molecule has 0 atom stereocenters. The standard InChI is InChI=1S/C19H21N5O5/c1-13-11-15(22-28-13)19(26)24-8-6-23(7-9-24)5-4-20-18(25)14-12-17(29-21-14)16-3-2-10-27-16/h2-3,10-12H,4-9H2,1H3,(H,20,25). The van der Waals surface area contributed by atoms with Crippen molar-refractivity contribution in [1.82, 2.24) is 25.4 Å². The average Bonchev–Trinajstić information content (AvgIpc) is 3.49. The number of nitrogens with zero attached hydrogens (tertiary/aromatic N) is 4.